The summed E-state index contributed by atoms with van der Waals surface area (Å²) in [5.74, 6) is 0.821. The Morgan fingerprint density at radius 1 is 1.39 bits per heavy atom. The van der Waals surface area contributed by atoms with Crippen molar-refractivity contribution in [3.8, 4) is 0 Å². The Balaban J connectivity index is 0.00000107. The lowest BCUT2D eigenvalue weighted by Crippen LogP contribution is -2.69. The predicted octanol–water partition coefficient (Wildman–Crippen LogP) is -0.185. The highest BCUT2D eigenvalue weighted by atomic mass is 16.5. The summed E-state index contributed by atoms with van der Waals surface area (Å²) < 4.78 is 13.1. The van der Waals surface area contributed by atoms with E-state index < -0.39 is 17.2 Å². The molecule has 1 amide bonds. The quantitative estimate of drug-likeness (QED) is 0.492. The summed E-state index contributed by atoms with van der Waals surface area (Å²) in [4.78, 5) is 22.9. The van der Waals surface area contributed by atoms with E-state index in [4.69, 9.17) is 19.4 Å². The van der Waals surface area contributed by atoms with E-state index in [9.17, 15) is 9.90 Å². The normalized spacial score (nSPS) is 25.5. The third-order valence-electron chi connectivity index (χ3n) is 6.24. The number of likely N-dealkylation sites (tertiary alicyclic amines) is 1. The Labute approximate surface area is 182 Å². The number of carboxylic acid groups (broad SMARTS) is 1. The Morgan fingerprint density at radius 2 is 2.06 bits per heavy atom. The number of carbonyl (C=O) groups is 2. The zero-order valence-electron chi connectivity index (χ0n) is 18.6. The molecular formula is C20H35N5O6. The average molecular weight is 442 g/mol. The summed E-state index contributed by atoms with van der Waals surface area (Å²) in [5, 5.41) is 29.0. The van der Waals surface area contributed by atoms with Crippen molar-refractivity contribution in [2.75, 3.05) is 40.0 Å². The van der Waals surface area contributed by atoms with Crippen LogP contribution in [0.15, 0.2) is 6.33 Å². The maximum Gasteiger partial charge on any atom is 0.290 e. The van der Waals surface area contributed by atoms with Gasteiger partial charge in [-0.2, -0.15) is 0 Å². The van der Waals surface area contributed by atoms with E-state index in [1.54, 1.807) is 13.4 Å². The minimum atomic E-state index is -0.734. The number of aliphatic hydroxyl groups is 1. The molecule has 3 rings (SSSR count). The number of amides is 1. The molecule has 1 aromatic heterocycles. The number of hydrogen-bond acceptors (Lipinski definition) is 8. The Hall–Kier alpha value is -2.08. The number of aliphatic hydroxyl groups excluding tert-OH is 1. The Morgan fingerprint density at radius 3 is 2.65 bits per heavy atom. The van der Waals surface area contributed by atoms with Crippen LogP contribution in [0.4, 0.5) is 0 Å². The van der Waals surface area contributed by atoms with Gasteiger partial charge < -0.3 is 34.5 Å². The van der Waals surface area contributed by atoms with E-state index in [2.05, 4.69) is 20.4 Å². The van der Waals surface area contributed by atoms with Gasteiger partial charge in [0.1, 0.15) is 18.3 Å². The minimum absolute atomic E-state index is 0.0952. The first kappa shape index (κ1) is 25.2. The van der Waals surface area contributed by atoms with E-state index in [-0.39, 0.29) is 12.4 Å². The van der Waals surface area contributed by atoms with Crippen molar-refractivity contribution in [1.82, 2.24) is 25.0 Å². The predicted molar refractivity (Wildman–Crippen MR) is 111 cm³/mol. The Kier molecular flexibility index (Phi) is 9.35. The Bertz CT molecular complexity index is 706. The molecule has 2 aliphatic rings. The minimum Gasteiger partial charge on any atom is -0.483 e. The molecule has 0 aromatic carbocycles. The van der Waals surface area contributed by atoms with Gasteiger partial charge in [0.25, 0.3) is 6.47 Å². The van der Waals surface area contributed by atoms with Crippen LogP contribution in [0, 0.1) is 6.92 Å². The lowest BCUT2D eigenvalue weighted by atomic mass is 9.73. The van der Waals surface area contributed by atoms with E-state index in [0.29, 0.717) is 26.1 Å². The van der Waals surface area contributed by atoms with E-state index in [1.807, 2.05) is 18.4 Å². The molecule has 2 aliphatic heterocycles. The highest BCUT2D eigenvalue weighted by Gasteiger charge is 2.53. The number of methoxy groups -OCH3 is 1. The van der Waals surface area contributed by atoms with Gasteiger partial charge in [-0.3, -0.25) is 9.59 Å². The summed E-state index contributed by atoms with van der Waals surface area (Å²) in [6, 6.07) is 0. The van der Waals surface area contributed by atoms with Gasteiger partial charge in [0.05, 0.1) is 17.7 Å². The van der Waals surface area contributed by atoms with Crippen molar-refractivity contribution >= 4 is 12.4 Å². The van der Waals surface area contributed by atoms with Crippen molar-refractivity contribution in [1.29, 1.82) is 0 Å². The second-order valence-corrected chi connectivity index (χ2v) is 8.29. The van der Waals surface area contributed by atoms with Gasteiger partial charge in [0.15, 0.2) is 0 Å². The fraction of sp³-hybridized carbons (Fsp3) is 0.800. The topological polar surface area (TPSA) is 139 Å². The van der Waals surface area contributed by atoms with Gasteiger partial charge in [-0.25, -0.2) is 0 Å². The highest BCUT2D eigenvalue weighted by Crippen LogP contribution is 2.39. The lowest BCUT2D eigenvalue weighted by molar-refractivity contribution is -0.207. The van der Waals surface area contributed by atoms with Gasteiger partial charge in [-0.15, -0.1) is 10.2 Å². The van der Waals surface area contributed by atoms with Gasteiger partial charge in [-0.05, 0) is 33.1 Å². The molecular weight excluding hydrogens is 406 g/mol. The zero-order valence-corrected chi connectivity index (χ0v) is 18.6. The fourth-order valence-electron chi connectivity index (χ4n) is 4.32. The van der Waals surface area contributed by atoms with Gasteiger partial charge >= 0.3 is 0 Å². The number of nitrogens with one attached hydrogen (secondary N) is 1. The third kappa shape index (κ3) is 6.45. The molecule has 3 heterocycles. The van der Waals surface area contributed by atoms with Crippen LogP contribution in [0.1, 0.15) is 38.4 Å². The van der Waals surface area contributed by atoms with Crippen molar-refractivity contribution in [2.45, 2.75) is 63.3 Å². The molecule has 0 bridgehead atoms. The largest absolute Gasteiger partial charge is 0.483 e. The van der Waals surface area contributed by atoms with Gasteiger partial charge in [0, 0.05) is 46.3 Å². The van der Waals surface area contributed by atoms with E-state index in [1.165, 1.54) is 0 Å². The molecule has 0 saturated carbocycles. The molecule has 2 atom stereocenters. The van der Waals surface area contributed by atoms with E-state index >= 15 is 0 Å². The summed E-state index contributed by atoms with van der Waals surface area (Å²) in [6.45, 7) is 8.01. The molecule has 11 heteroatoms. The third-order valence-corrected chi connectivity index (χ3v) is 6.24. The standard InChI is InChI=1S/C19H33N5O4.CH2O2/c1-15-22-20-14-24(15)11-10-23-8-5-19(6-9-23)17(26)18(2,7-13-28-19)21-16(25)4-12-27-3;2-1-3/h14,17,26H,4-13H2,1-3H3,(H,21,25);1H,(H,2,3)/t17-,18+;/m0./s1. The molecule has 2 saturated heterocycles. The maximum absolute atomic E-state index is 12.2. The SMILES string of the molecule is COCCC(=O)N[C@]1(C)CCOC2(CCN(CCn3cnnc3C)CC2)[C@H]1O.O=CO. The van der Waals surface area contributed by atoms with Gasteiger partial charge in [-0.1, -0.05) is 0 Å². The van der Waals surface area contributed by atoms with Crippen LogP contribution in [0.2, 0.25) is 0 Å². The van der Waals surface area contributed by atoms with Crippen molar-refractivity contribution in [3.05, 3.63) is 12.2 Å². The molecule has 0 aliphatic carbocycles. The molecule has 2 fully saturated rings. The number of ether oxygens (including phenoxy) is 2. The van der Waals surface area contributed by atoms with Crippen molar-refractivity contribution in [2.24, 2.45) is 0 Å². The molecule has 11 nitrogen and oxygen atoms in total. The number of carbonyl (C=O) groups excluding carboxylic acids is 1. The van der Waals surface area contributed by atoms with E-state index in [0.717, 1.165) is 44.8 Å². The molecule has 3 N–H and O–H groups in total. The van der Waals surface area contributed by atoms with Crippen LogP contribution in [0.5, 0.6) is 0 Å². The second kappa shape index (κ2) is 11.5. The van der Waals surface area contributed by atoms with Crippen molar-refractivity contribution < 1.29 is 29.3 Å². The number of piperidine rings is 1. The molecule has 1 aromatic rings. The number of rotatable bonds is 7. The smallest absolute Gasteiger partial charge is 0.290 e. The molecule has 1 spiro atoms. The number of aryl methyl sites for hydroxylation is 1. The number of aromatic nitrogens is 3. The van der Waals surface area contributed by atoms with Crippen LogP contribution in [-0.2, 0) is 25.6 Å². The average Bonchev–Trinajstić information content (AvgIpc) is 3.15. The lowest BCUT2D eigenvalue weighted by Gasteiger charge is -2.53. The maximum atomic E-state index is 12.2. The first-order chi connectivity index (χ1) is 14.8. The van der Waals surface area contributed by atoms with Crippen molar-refractivity contribution in [3.63, 3.8) is 0 Å². The molecule has 176 valence electrons. The van der Waals surface area contributed by atoms with Gasteiger partial charge in [0.2, 0.25) is 5.91 Å². The fourth-order valence-corrected chi connectivity index (χ4v) is 4.32. The summed E-state index contributed by atoms with van der Waals surface area (Å²) in [6.07, 6.45) is 3.42. The summed E-state index contributed by atoms with van der Waals surface area (Å²) >= 11 is 0. The molecule has 0 radical (unpaired) electrons. The van der Waals surface area contributed by atoms with Crippen LogP contribution >= 0.6 is 0 Å². The number of nitrogens with zero attached hydrogens (tertiary/aromatic N) is 4. The monoisotopic (exact) mass is 441 g/mol. The summed E-state index contributed by atoms with van der Waals surface area (Å²) in [5.41, 5.74) is -1.27. The number of hydrogen-bond donors (Lipinski definition) is 3. The molecule has 0 unspecified atom stereocenters. The highest BCUT2D eigenvalue weighted by molar-refractivity contribution is 5.77. The first-order valence-electron chi connectivity index (χ1n) is 10.6. The molecule has 31 heavy (non-hydrogen) atoms. The van der Waals surface area contributed by atoms with Crippen LogP contribution in [0.25, 0.3) is 0 Å². The van der Waals surface area contributed by atoms with Crippen LogP contribution < -0.4 is 5.32 Å². The van der Waals surface area contributed by atoms with Crippen LogP contribution in [0.3, 0.4) is 0 Å². The zero-order chi connectivity index (χ0) is 22.9. The van der Waals surface area contributed by atoms with Crippen LogP contribution in [-0.4, -0.2) is 99.5 Å². The summed E-state index contributed by atoms with van der Waals surface area (Å²) in [7, 11) is 1.58. The second-order valence-electron chi connectivity index (χ2n) is 8.29. The first-order valence-corrected chi connectivity index (χ1v) is 10.6.